The van der Waals surface area contributed by atoms with Gasteiger partial charge in [-0.3, -0.25) is 4.79 Å². The molecule has 0 fully saturated rings. The van der Waals surface area contributed by atoms with E-state index < -0.39 is 0 Å². The number of benzene rings is 2. The Hall–Kier alpha value is -1.94. The average Bonchev–Trinajstić information content (AvgIpc) is 2.62. The van der Waals surface area contributed by atoms with Gasteiger partial charge in [0, 0.05) is 5.75 Å². The predicted octanol–water partition coefficient (Wildman–Crippen LogP) is 4.83. The summed E-state index contributed by atoms with van der Waals surface area (Å²) in [7, 11) is 1.66. The fourth-order valence-electron chi connectivity index (χ4n) is 2.66. The Bertz CT molecular complexity index is 641. The van der Waals surface area contributed by atoms with E-state index >= 15 is 0 Å². The molecule has 1 atom stereocenters. The maximum Gasteiger partial charge on any atom is 0.230 e. The third-order valence-electron chi connectivity index (χ3n) is 3.91. The highest BCUT2D eigenvalue weighted by molar-refractivity contribution is 7.99. The summed E-state index contributed by atoms with van der Waals surface area (Å²) in [6.07, 6.45) is 0.918. The predicted molar refractivity (Wildman–Crippen MR) is 106 cm³/mol. The first kappa shape index (κ1) is 19.4. The standard InChI is InChI=1S/C21H27NO2S/c1-16(2)13-20(18-9-11-19(24-3)12-10-18)22-21(23)15-25-14-17-7-5-4-6-8-17/h4-12,16,20H,13-15H2,1-3H3,(H,22,23)/t20-/m1/s1. The van der Waals surface area contributed by atoms with E-state index in [-0.39, 0.29) is 11.9 Å². The fourth-order valence-corrected chi connectivity index (χ4v) is 3.46. The van der Waals surface area contributed by atoms with Crippen LogP contribution in [0.2, 0.25) is 0 Å². The zero-order valence-electron chi connectivity index (χ0n) is 15.2. The number of carbonyl (C=O) groups excluding carboxylic acids is 1. The number of rotatable bonds is 9. The molecule has 25 heavy (non-hydrogen) atoms. The minimum Gasteiger partial charge on any atom is -0.497 e. The molecule has 2 aromatic carbocycles. The quantitative estimate of drug-likeness (QED) is 0.698. The smallest absolute Gasteiger partial charge is 0.230 e. The number of thioether (sulfide) groups is 1. The second-order valence-corrected chi connectivity index (χ2v) is 7.49. The van der Waals surface area contributed by atoms with Crippen molar-refractivity contribution in [1.29, 1.82) is 0 Å². The van der Waals surface area contributed by atoms with Crippen LogP contribution in [0.1, 0.15) is 37.4 Å². The van der Waals surface area contributed by atoms with Crippen molar-refractivity contribution in [3.05, 3.63) is 65.7 Å². The van der Waals surface area contributed by atoms with Crippen LogP contribution in [0.5, 0.6) is 5.75 Å². The molecule has 134 valence electrons. The Labute approximate surface area is 155 Å². The number of hydrogen-bond acceptors (Lipinski definition) is 3. The van der Waals surface area contributed by atoms with Crippen molar-refractivity contribution in [2.45, 2.75) is 32.1 Å². The monoisotopic (exact) mass is 357 g/mol. The van der Waals surface area contributed by atoms with Crippen LogP contribution in [-0.4, -0.2) is 18.8 Å². The first-order chi connectivity index (χ1) is 12.1. The number of methoxy groups -OCH3 is 1. The van der Waals surface area contributed by atoms with Crippen molar-refractivity contribution >= 4 is 17.7 Å². The van der Waals surface area contributed by atoms with Crippen LogP contribution >= 0.6 is 11.8 Å². The summed E-state index contributed by atoms with van der Waals surface area (Å²) in [5.41, 5.74) is 2.37. The minimum atomic E-state index is 0.0377. The van der Waals surface area contributed by atoms with Crippen LogP contribution in [0.15, 0.2) is 54.6 Å². The molecule has 4 heteroatoms. The molecule has 0 saturated carbocycles. The number of carbonyl (C=O) groups is 1. The SMILES string of the molecule is COc1ccc([C@@H](CC(C)C)NC(=O)CSCc2ccccc2)cc1. The molecule has 2 aromatic rings. The van der Waals surface area contributed by atoms with E-state index in [0.29, 0.717) is 11.7 Å². The Balaban J connectivity index is 1.90. The highest BCUT2D eigenvalue weighted by Crippen LogP contribution is 2.24. The molecular weight excluding hydrogens is 330 g/mol. The van der Waals surface area contributed by atoms with E-state index in [1.807, 2.05) is 42.5 Å². The van der Waals surface area contributed by atoms with Gasteiger partial charge >= 0.3 is 0 Å². The summed E-state index contributed by atoms with van der Waals surface area (Å²) in [5.74, 6) is 2.74. The molecule has 0 aliphatic heterocycles. The van der Waals surface area contributed by atoms with E-state index in [1.165, 1.54) is 5.56 Å². The van der Waals surface area contributed by atoms with Gasteiger partial charge in [-0.15, -0.1) is 11.8 Å². The molecule has 0 unspecified atom stereocenters. The van der Waals surface area contributed by atoms with Crippen LogP contribution < -0.4 is 10.1 Å². The van der Waals surface area contributed by atoms with Gasteiger partial charge in [-0.25, -0.2) is 0 Å². The van der Waals surface area contributed by atoms with Crippen molar-refractivity contribution in [3.63, 3.8) is 0 Å². The zero-order chi connectivity index (χ0) is 18.1. The van der Waals surface area contributed by atoms with Crippen LogP contribution in [0.4, 0.5) is 0 Å². The third kappa shape index (κ3) is 6.83. The Morgan fingerprint density at radius 2 is 1.76 bits per heavy atom. The van der Waals surface area contributed by atoms with E-state index in [1.54, 1.807) is 18.9 Å². The minimum absolute atomic E-state index is 0.0377. The summed E-state index contributed by atoms with van der Waals surface area (Å²) < 4.78 is 5.22. The van der Waals surface area contributed by atoms with E-state index in [2.05, 4.69) is 31.3 Å². The van der Waals surface area contributed by atoms with E-state index in [4.69, 9.17) is 4.74 Å². The van der Waals surface area contributed by atoms with Crippen molar-refractivity contribution in [2.75, 3.05) is 12.9 Å². The molecule has 3 nitrogen and oxygen atoms in total. The maximum atomic E-state index is 12.4. The van der Waals surface area contributed by atoms with Gasteiger partial charge in [0.25, 0.3) is 0 Å². The molecule has 0 bridgehead atoms. The lowest BCUT2D eigenvalue weighted by Crippen LogP contribution is -2.30. The molecule has 0 aliphatic rings. The lowest BCUT2D eigenvalue weighted by molar-refractivity contribution is -0.119. The Morgan fingerprint density at radius 1 is 1.08 bits per heavy atom. The summed E-state index contributed by atoms with van der Waals surface area (Å²) in [6.45, 7) is 4.35. The highest BCUT2D eigenvalue weighted by Gasteiger charge is 2.16. The normalized spacial score (nSPS) is 12.0. The second kappa shape index (κ2) is 10.1. The van der Waals surface area contributed by atoms with Gasteiger partial charge in [0.05, 0.1) is 18.9 Å². The topological polar surface area (TPSA) is 38.3 Å². The third-order valence-corrected chi connectivity index (χ3v) is 4.91. The summed E-state index contributed by atoms with van der Waals surface area (Å²) >= 11 is 1.64. The number of hydrogen-bond donors (Lipinski definition) is 1. The van der Waals surface area contributed by atoms with Crippen molar-refractivity contribution in [2.24, 2.45) is 5.92 Å². The largest absolute Gasteiger partial charge is 0.497 e. The summed E-state index contributed by atoms with van der Waals surface area (Å²) in [4.78, 5) is 12.4. The zero-order valence-corrected chi connectivity index (χ0v) is 16.0. The fraction of sp³-hybridized carbons (Fsp3) is 0.381. The molecule has 0 radical (unpaired) electrons. The van der Waals surface area contributed by atoms with Gasteiger partial charge in [-0.05, 0) is 35.6 Å². The van der Waals surface area contributed by atoms with Gasteiger partial charge in [0.15, 0.2) is 0 Å². The second-order valence-electron chi connectivity index (χ2n) is 6.50. The van der Waals surface area contributed by atoms with Gasteiger partial charge < -0.3 is 10.1 Å². The van der Waals surface area contributed by atoms with Crippen LogP contribution in [0.3, 0.4) is 0 Å². The van der Waals surface area contributed by atoms with Crippen LogP contribution in [0, 0.1) is 5.92 Å². The highest BCUT2D eigenvalue weighted by atomic mass is 32.2. The molecular formula is C21H27NO2S. The van der Waals surface area contributed by atoms with Gasteiger partial charge in [0.2, 0.25) is 5.91 Å². The van der Waals surface area contributed by atoms with Crippen molar-refractivity contribution in [3.8, 4) is 5.75 Å². The van der Waals surface area contributed by atoms with Crippen molar-refractivity contribution < 1.29 is 9.53 Å². The lowest BCUT2D eigenvalue weighted by Gasteiger charge is -2.21. The molecule has 0 heterocycles. The van der Waals surface area contributed by atoms with E-state index in [0.717, 1.165) is 23.5 Å². The molecule has 1 N–H and O–H groups in total. The van der Waals surface area contributed by atoms with Crippen molar-refractivity contribution in [1.82, 2.24) is 5.32 Å². The summed E-state index contributed by atoms with van der Waals surface area (Å²) in [5, 5.41) is 3.19. The maximum absolute atomic E-state index is 12.4. The summed E-state index contributed by atoms with van der Waals surface area (Å²) in [6, 6.07) is 18.2. The Morgan fingerprint density at radius 3 is 2.36 bits per heavy atom. The number of ether oxygens (including phenoxy) is 1. The first-order valence-corrected chi connectivity index (χ1v) is 9.79. The Kier molecular flexibility index (Phi) is 7.86. The van der Waals surface area contributed by atoms with E-state index in [9.17, 15) is 4.79 Å². The molecule has 2 rings (SSSR count). The molecule has 0 spiro atoms. The number of nitrogens with one attached hydrogen (secondary N) is 1. The first-order valence-electron chi connectivity index (χ1n) is 8.63. The molecule has 1 amide bonds. The van der Waals surface area contributed by atoms with Crippen LogP contribution in [0.25, 0.3) is 0 Å². The van der Waals surface area contributed by atoms with Gasteiger partial charge in [0.1, 0.15) is 5.75 Å². The number of amides is 1. The van der Waals surface area contributed by atoms with Crippen LogP contribution in [-0.2, 0) is 10.5 Å². The molecule has 0 aliphatic carbocycles. The van der Waals surface area contributed by atoms with Gasteiger partial charge in [-0.2, -0.15) is 0 Å². The molecule has 0 aromatic heterocycles. The molecule has 0 saturated heterocycles. The van der Waals surface area contributed by atoms with Gasteiger partial charge in [-0.1, -0.05) is 56.3 Å². The lowest BCUT2D eigenvalue weighted by atomic mass is 9.97. The average molecular weight is 358 g/mol.